The highest BCUT2D eigenvalue weighted by Gasteiger charge is 2.39. The van der Waals surface area contributed by atoms with Gasteiger partial charge in [0.1, 0.15) is 5.54 Å². The maximum absolute atomic E-state index is 4.75. The van der Waals surface area contributed by atoms with Crippen molar-refractivity contribution in [3.8, 4) is 0 Å². The third-order valence-corrected chi connectivity index (χ3v) is 5.39. The summed E-state index contributed by atoms with van der Waals surface area (Å²) in [6.45, 7) is 2.90. The van der Waals surface area contributed by atoms with Crippen molar-refractivity contribution < 1.29 is 0 Å². The van der Waals surface area contributed by atoms with E-state index < -0.39 is 5.54 Å². The van der Waals surface area contributed by atoms with E-state index in [1.807, 2.05) is 13.4 Å². The van der Waals surface area contributed by atoms with Crippen molar-refractivity contribution >= 4 is 0 Å². The number of aromatic nitrogens is 2. The molecular formula is C25H25N3. The molecule has 4 aromatic rings. The van der Waals surface area contributed by atoms with Crippen LogP contribution in [0.25, 0.3) is 0 Å². The number of nitrogens with zero attached hydrogens (tertiary/aromatic N) is 2. The molecule has 1 heterocycles. The summed E-state index contributed by atoms with van der Waals surface area (Å²) in [6, 6.07) is 32.1. The Morgan fingerprint density at radius 2 is 1.18 bits per heavy atom. The predicted molar refractivity (Wildman–Crippen MR) is 114 cm³/mol. The zero-order valence-electron chi connectivity index (χ0n) is 16.3. The van der Waals surface area contributed by atoms with Crippen molar-refractivity contribution in [2.75, 3.05) is 7.05 Å². The second-order valence-electron chi connectivity index (χ2n) is 6.99. The Bertz CT molecular complexity index is 925. The third-order valence-electron chi connectivity index (χ3n) is 5.39. The van der Waals surface area contributed by atoms with Crippen LogP contribution in [0.5, 0.6) is 0 Å². The number of rotatable bonds is 6. The molecule has 0 atom stereocenters. The zero-order valence-corrected chi connectivity index (χ0v) is 16.3. The molecule has 0 amide bonds. The van der Waals surface area contributed by atoms with Crippen molar-refractivity contribution in [1.82, 2.24) is 14.9 Å². The highest BCUT2D eigenvalue weighted by atomic mass is 15.1. The van der Waals surface area contributed by atoms with E-state index in [9.17, 15) is 0 Å². The van der Waals surface area contributed by atoms with Gasteiger partial charge >= 0.3 is 0 Å². The molecule has 3 aromatic carbocycles. The van der Waals surface area contributed by atoms with E-state index in [0.29, 0.717) is 0 Å². The van der Waals surface area contributed by atoms with Gasteiger partial charge < -0.3 is 9.88 Å². The molecule has 0 saturated heterocycles. The summed E-state index contributed by atoms with van der Waals surface area (Å²) in [5.41, 5.74) is 5.37. The first-order chi connectivity index (χ1) is 13.8. The number of hydrogen-bond donors (Lipinski definition) is 1. The lowest BCUT2D eigenvalue weighted by Gasteiger charge is -2.38. The molecule has 0 aliphatic carbocycles. The lowest BCUT2D eigenvalue weighted by molar-refractivity contribution is 0.502. The van der Waals surface area contributed by atoms with E-state index in [2.05, 4.69) is 108 Å². The molecule has 0 aliphatic heterocycles. The van der Waals surface area contributed by atoms with Crippen LogP contribution in [-0.4, -0.2) is 16.6 Å². The van der Waals surface area contributed by atoms with Gasteiger partial charge in [-0.1, -0.05) is 91.0 Å². The largest absolute Gasteiger partial charge is 0.316 e. The van der Waals surface area contributed by atoms with E-state index in [-0.39, 0.29) is 0 Å². The highest BCUT2D eigenvalue weighted by molar-refractivity contribution is 5.51. The topological polar surface area (TPSA) is 29.9 Å². The molecule has 0 fully saturated rings. The first-order valence-electron chi connectivity index (χ1n) is 9.63. The Hall–Kier alpha value is -3.17. The number of imidazole rings is 1. The minimum absolute atomic E-state index is 0.493. The molecule has 0 saturated carbocycles. The summed E-state index contributed by atoms with van der Waals surface area (Å²) in [5, 5.41) is 3.23. The molecule has 1 aromatic heterocycles. The monoisotopic (exact) mass is 367 g/mol. The molecular weight excluding hydrogens is 342 g/mol. The van der Waals surface area contributed by atoms with Gasteiger partial charge in [0.2, 0.25) is 0 Å². The molecule has 4 rings (SSSR count). The summed E-state index contributed by atoms with van der Waals surface area (Å²) in [4.78, 5) is 4.75. The normalized spacial score (nSPS) is 11.5. The van der Waals surface area contributed by atoms with Crippen LogP contribution < -0.4 is 5.32 Å². The Balaban J connectivity index is 2.11. The van der Waals surface area contributed by atoms with Gasteiger partial charge in [-0.3, -0.25) is 0 Å². The van der Waals surface area contributed by atoms with Crippen molar-refractivity contribution in [2.45, 2.75) is 19.0 Å². The van der Waals surface area contributed by atoms with Gasteiger partial charge in [0.15, 0.2) is 0 Å². The smallest absolute Gasteiger partial charge is 0.121 e. The summed E-state index contributed by atoms with van der Waals surface area (Å²) >= 11 is 0. The van der Waals surface area contributed by atoms with E-state index in [1.165, 1.54) is 16.7 Å². The van der Waals surface area contributed by atoms with Crippen LogP contribution in [0, 0.1) is 6.92 Å². The van der Waals surface area contributed by atoms with E-state index in [0.717, 1.165) is 17.9 Å². The Morgan fingerprint density at radius 3 is 1.57 bits per heavy atom. The van der Waals surface area contributed by atoms with Crippen LogP contribution in [0.1, 0.15) is 28.1 Å². The third kappa shape index (κ3) is 2.94. The summed E-state index contributed by atoms with van der Waals surface area (Å²) in [5.74, 6) is 0. The van der Waals surface area contributed by atoms with Gasteiger partial charge in [-0.2, -0.15) is 0 Å². The SMILES string of the molecule is CNCc1ncn(C(c2ccccc2)(c2ccccc2)c2ccccc2)c1C. The highest BCUT2D eigenvalue weighted by Crippen LogP contribution is 2.41. The average molecular weight is 367 g/mol. The average Bonchev–Trinajstić information content (AvgIpc) is 3.12. The number of hydrogen-bond acceptors (Lipinski definition) is 2. The molecule has 28 heavy (non-hydrogen) atoms. The maximum atomic E-state index is 4.75. The summed E-state index contributed by atoms with van der Waals surface area (Å²) in [6.07, 6.45) is 1.98. The predicted octanol–water partition coefficient (Wildman–Crippen LogP) is 4.75. The molecule has 0 unspecified atom stereocenters. The fourth-order valence-electron chi connectivity index (χ4n) is 4.08. The van der Waals surface area contributed by atoms with Gasteiger partial charge in [0.25, 0.3) is 0 Å². The van der Waals surface area contributed by atoms with Gasteiger partial charge in [-0.05, 0) is 30.7 Å². The van der Waals surface area contributed by atoms with E-state index >= 15 is 0 Å². The van der Waals surface area contributed by atoms with Crippen LogP contribution in [-0.2, 0) is 12.1 Å². The minimum atomic E-state index is -0.493. The minimum Gasteiger partial charge on any atom is -0.316 e. The molecule has 3 nitrogen and oxygen atoms in total. The van der Waals surface area contributed by atoms with Crippen molar-refractivity contribution in [3.63, 3.8) is 0 Å². The number of nitrogens with one attached hydrogen (secondary N) is 1. The standard InChI is InChI=1S/C25H25N3/c1-20-24(18-26-2)27-19-28(20)25(21-12-6-3-7-13-21,22-14-8-4-9-15-22)23-16-10-5-11-17-23/h3-17,19,26H,18H2,1-2H3. The van der Waals surface area contributed by atoms with Crippen molar-refractivity contribution in [2.24, 2.45) is 0 Å². The Labute approximate surface area is 166 Å². The maximum Gasteiger partial charge on any atom is 0.121 e. The molecule has 0 radical (unpaired) electrons. The first-order valence-corrected chi connectivity index (χ1v) is 9.63. The first kappa shape index (κ1) is 18.2. The Kier molecular flexibility index (Phi) is 5.09. The zero-order chi connectivity index (χ0) is 19.4. The van der Waals surface area contributed by atoms with Crippen LogP contribution in [0.3, 0.4) is 0 Å². The fraction of sp³-hybridized carbons (Fsp3) is 0.160. The second kappa shape index (κ2) is 7.83. The van der Waals surface area contributed by atoms with E-state index in [4.69, 9.17) is 4.98 Å². The van der Waals surface area contributed by atoms with Crippen LogP contribution in [0.2, 0.25) is 0 Å². The molecule has 3 heteroatoms. The molecule has 0 spiro atoms. The van der Waals surface area contributed by atoms with Crippen molar-refractivity contribution in [1.29, 1.82) is 0 Å². The lowest BCUT2D eigenvalue weighted by Crippen LogP contribution is -2.38. The summed E-state index contributed by atoms with van der Waals surface area (Å²) < 4.78 is 2.32. The van der Waals surface area contributed by atoms with Gasteiger partial charge in [0, 0.05) is 12.2 Å². The lowest BCUT2D eigenvalue weighted by atomic mass is 9.76. The molecule has 140 valence electrons. The van der Waals surface area contributed by atoms with Crippen LogP contribution in [0.15, 0.2) is 97.3 Å². The van der Waals surface area contributed by atoms with Crippen molar-refractivity contribution in [3.05, 3.63) is 125 Å². The quantitative estimate of drug-likeness (QED) is 0.498. The second-order valence-corrected chi connectivity index (χ2v) is 6.99. The number of benzene rings is 3. The van der Waals surface area contributed by atoms with Gasteiger partial charge in [-0.15, -0.1) is 0 Å². The van der Waals surface area contributed by atoms with E-state index in [1.54, 1.807) is 0 Å². The molecule has 0 bridgehead atoms. The van der Waals surface area contributed by atoms with Crippen LogP contribution >= 0.6 is 0 Å². The van der Waals surface area contributed by atoms with Crippen LogP contribution in [0.4, 0.5) is 0 Å². The Morgan fingerprint density at radius 1 is 0.750 bits per heavy atom. The van der Waals surface area contributed by atoms with Gasteiger partial charge in [0.05, 0.1) is 12.0 Å². The van der Waals surface area contributed by atoms with Gasteiger partial charge in [-0.25, -0.2) is 4.98 Å². The molecule has 0 aliphatic rings. The molecule has 1 N–H and O–H groups in total. The fourth-order valence-corrected chi connectivity index (χ4v) is 4.08. The summed E-state index contributed by atoms with van der Waals surface area (Å²) in [7, 11) is 1.96.